The number of piperidine rings is 1. The van der Waals surface area contributed by atoms with Gasteiger partial charge in [-0.05, 0) is 31.5 Å². The van der Waals surface area contributed by atoms with E-state index in [9.17, 15) is 19.2 Å². The molecule has 2 aliphatic heterocycles. The second kappa shape index (κ2) is 9.63. The van der Waals surface area contributed by atoms with Gasteiger partial charge in [-0.1, -0.05) is 6.07 Å². The summed E-state index contributed by atoms with van der Waals surface area (Å²) in [6, 6.07) is 3.73. The molecule has 10 heteroatoms. The molecule has 1 saturated heterocycles. The lowest BCUT2D eigenvalue weighted by Crippen LogP contribution is -2.54. The minimum Gasteiger partial charge on any atom is -0.490 e. The van der Waals surface area contributed by atoms with Crippen molar-refractivity contribution >= 4 is 36.0 Å². The van der Waals surface area contributed by atoms with E-state index in [2.05, 4.69) is 5.32 Å². The van der Waals surface area contributed by atoms with Gasteiger partial charge >= 0.3 is 0 Å². The number of nitrogens with two attached hydrogens (primary N) is 1. The van der Waals surface area contributed by atoms with Gasteiger partial charge < -0.3 is 15.2 Å². The molecule has 3 N–H and O–H groups in total. The number of hydrogen-bond donors (Lipinski definition) is 2. The average molecular weight is 412 g/mol. The summed E-state index contributed by atoms with van der Waals surface area (Å²) in [7, 11) is 0. The fourth-order valence-corrected chi connectivity index (χ4v) is 3.10. The van der Waals surface area contributed by atoms with Crippen molar-refractivity contribution in [1.82, 2.24) is 10.2 Å². The number of nitrogens with zero attached hydrogens (tertiary/aromatic N) is 1. The lowest BCUT2D eigenvalue weighted by atomic mass is 10.0. The first-order valence-electron chi connectivity index (χ1n) is 8.79. The summed E-state index contributed by atoms with van der Waals surface area (Å²) in [5.74, 6) is -1.94. The maximum Gasteiger partial charge on any atom is 0.266 e. The van der Waals surface area contributed by atoms with Crippen molar-refractivity contribution in [3.8, 4) is 5.75 Å². The summed E-state index contributed by atoms with van der Waals surface area (Å²) in [4.78, 5) is 49.8. The number of amides is 4. The molecule has 1 fully saturated rings. The SMILES string of the molecule is Cl.NCCCOCCOc1cccc2c1C(=O)N(C1CCC(=O)NC1=O)C2=O. The Morgan fingerprint density at radius 3 is 2.61 bits per heavy atom. The third-order valence-electron chi connectivity index (χ3n) is 4.41. The van der Waals surface area contributed by atoms with Crippen LogP contribution in [-0.2, 0) is 14.3 Å². The second-order valence-electron chi connectivity index (χ2n) is 6.23. The maximum absolute atomic E-state index is 12.8. The van der Waals surface area contributed by atoms with E-state index >= 15 is 0 Å². The summed E-state index contributed by atoms with van der Waals surface area (Å²) in [5.41, 5.74) is 5.70. The quantitative estimate of drug-likeness (QED) is 0.463. The minimum absolute atomic E-state index is 0. The predicted molar refractivity (Wildman–Crippen MR) is 100 cm³/mol. The molecular formula is C18H22ClN3O6. The molecule has 1 aromatic rings. The average Bonchev–Trinajstić information content (AvgIpc) is 2.90. The van der Waals surface area contributed by atoms with Gasteiger partial charge in [-0.2, -0.15) is 0 Å². The van der Waals surface area contributed by atoms with E-state index in [0.29, 0.717) is 19.8 Å². The highest BCUT2D eigenvalue weighted by molar-refractivity contribution is 6.24. The van der Waals surface area contributed by atoms with E-state index in [4.69, 9.17) is 15.2 Å². The largest absolute Gasteiger partial charge is 0.490 e. The van der Waals surface area contributed by atoms with Crippen molar-refractivity contribution in [3.05, 3.63) is 29.3 Å². The van der Waals surface area contributed by atoms with Crippen LogP contribution >= 0.6 is 12.4 Å². The number of benzene rings is 1. The Labute approximate surface area is 167 Å². The molecule has 1 aromatic carbocycles. The molecule has 0 aliphatic carbocycles. The van der Waals surface area contributed by atoms with Crippen molar-refractivity contribution in [1.29, 1.82) is 0 Å². The number of ether oxygens (including phenoxy) is 2. The van der Waals surface area contributed by atoms with Crippen LogP contribution in [0.5, 0.6) is 5.75 Å². The summed E-state index contributed by atoms with van der Waals surface area (Å²) < 4.78 is 11.0. The van der Waals surface area contributed by atoms with E-state index in [1.165, 1.54) is 6.07 Å². The summed E-state index contributed by atoms with van der Waals surface area (Å²) in [5, 5.41) is 2.17. The molecule has 152 valence electrons. The second-order valence-corrected chi connectivity index (χ2v) is 6.23. The third kappa shape index (κ3) is 4.32. The smallest absolute Gasteiger partial charge is 0.266 e. The van der Waals surface area contributed by atoms with Crippen LogP contribution in [0.1, 0.15) is 40.0 Å². The Morgan fingerprint density at radius 2 is 1.89 bits per heavy atom. The Hall–Kier alpha value is -2.49. The van der Waals surface area contributed by atoms with E-state index in [1.807, 2.05) is 0 Å². The molecular weight excluding hydrogens is 390 g/mol. The van der Waals surface area contributed by atoms with E-state index in [1.54, 1.807) is 12.1 Å². The van der Waals surface area contributed by atoms with Crippen LogP contribution in [-0.4, -0.2) is 60.9 Å². The summed E-state index contributed by atoms with van der Waals surface area (Å²) in [6.07, 6.45) is 0.934. The molecule has 0 saturated carbocycles. The Balaban J connectivity index is 0.00000280. The Bertz CT molecular complexity index is 785. The van der Waals surface area contributed by atoms with Crippen LogP contribution in [0.4, 0.5) is 0 Å². The first-order chi connectivity index (χ1) is 13.0. The van der Waals surface area contributed by atoms with Crippen LogP contribution < -0.4 is 15.8 Å². The molecule has 2 aliphatic rings. The number of carbonyl (C=O) groups excluding carboxylic acids is 4. The number of imide groups is 2. The van der Waals surface area contributed by atoms with Crippen LogP contribution in [0.3, 0.4) is 0 Å². The van der Waals surface area contributed by atoms with Gasteiger partial charge in [0.2, 0.25) is 11.8 Å². The molecule has 0 aromatic heterocycles. The maximum atomic E-state index is 12.8. The lowest BCUT2D eigenvalue weighted by molar-refractivity contribution is -0.136. The van der Waals surface area contributed by atoms with Crippen molar-refractivity contribution in [2.75, 3.05) is 26.4 Å². The van der Waals surface area contributed by atoms with Gasteiger partial charge in [0.1, 0.15) is 18.4 Å². The fraction of sp³-hybridized carbons (Fsp3) is 0.444. The van der Waals surface area contributed by atoms with Gasteiger partial charge in [0, 0.05) is 13.0 Å². The zero-order valence-electron chi connectivity index (χ0n) is 15.1. The van der Waals surface area contributed by atoms with Gasteiger partial charge in [-0.15, -0.1) is 12.4 Å². The minimum atomic E-state index is -0.998. The predicted octanol–water partition coefficient (Wildman–Crippen LogP) is 0.254. The van der Waals surface area contributed by atoms with Crippen molar-refractivity contribution in [3.63, 3.8) is 0 Å². The summed E-state index contributed by atoms with van der Waals surface area (Å²) in [6.45, 7) is 1.59. The molecule has 1 atom stereocenters. The molecule has 4 amide bonds. The lowest BCUT2D eigenvalue weighted by Gasteiger charge is -2.27. The number of rotatable bonds is 8. The van der Waals surface area contributed by atoms with E-state index < -0.39 is 29.7 Å². The molecule has 3 rings (SSSR count). The van der Waals surface area contributed by atoms with Crippen molar-refractivity contribution in [2.45, 2.75) is 25.3 Å². The van der Waals surface area contributed by atoms with Gasteiger partial charge in [0.15, 0.2) is 0 Å². The normalized spacial score (nSPS) is 18.6. The molecule has 9 nitrogen and oxygen atoms in total. The van der Waals surface area contributed by atoms with Crippen LogP contribution in [0.25, 0.3) is 0 Å². The number of carbonyl (C=O) groups is 4. The number of hydrogen-bond acceptors (Lipinski definition) is 7. The van der Waals surface area contributed by atoms with Crippen molar-refractivity contribution in [2.24, 2.45) is 5.73 Å². The Morgan fingerprint density at radius 1 is 1.11 bits per heavy atom. The van der Waals surface area contributed by atoms with Gasteiger partial charge in [0.25, 0.3) is 11.8 Å². The Kier molecular flexibility index (Phi) is 7.50. The first-order valence-corrected chi connectivity index (χ1v) is 8.79. The van der Waals surface area contributed by atoms with Crippen LogP contribution in [0, 0.1) is 0 Å². The molecule has 0 bridgehead atoms. The van der Waals surface area contributed by atoms with Crippen LogP contribution in [0.15, 0.2) is 18.2 Å². The highest BCUT2D eigenvalue weighted by Crippen LogP contribution is 2.33. The fourth-order valence-electron chi connectivity index (χ4n) is 3.10. The number of halogens is 1. The highest BCUT2D eigenvalue weighted by atomic mass is 35.5. The standard InChI is InChI=1S/C18H21N3O6.ClH/c19-7-2-8-26-9-10-27-13-4-1-3-11-15(13)18(25)21(17(11)24)12-5-6-14(22)20-16(12)23;/h1,3-4,12H,2,5-10,19H2,(H,20,22,23);1H. The van der Waals surface area contributed by atoms with Crippen LogP contribution in [0.2, 0.25) is 0 Å². The zero-order chi connectivity index (χ0) is 19.4. The highest BCUT2D eigenvalue weighted by Gasteiger charge is 2.45. The van der Waals surface area contributed by atoms with Gasteiger partial charge in [-0.25, -0.2) is 0 Å². The van der Waals surface area contributed by atoms with Crippen molar-refractivity contribution < 1.29 is 28.7 Å². The van der Waals surface area contributed by atoms with Gasteiger partial charge in [0.05, 0.1) is 17.7 Å². The first kappa shape index (κ1) is 21.8. The molecule has 28 heavy (non-hydrogen) atoms. The summed E-state index contributed by atoms with van der Waals surface area (Å²) >= 11 is 0. The molecule has 2 heterocycles. The van der Waals surface area contributed by atoms with Gasteiger partial charge in [-0.3, -0.25) is 29.4 Å². The monoisotopic (exact) mass is 411 g/mol. The number of nitrogens with one attached hydrogen (secondary N) is 1. The third-order valence-corrected chi connectivity index (χ3v) is 4.41. The zero-order valence-corrected chi connectivity index (χ0v) is 16.0. The molecule has 0 spiro atoms. The molecule has 1 unspecified atom stereocenters. The van der Waals surface area contributed by atoms with E-state index in [-0.39, 0.29) is 48.7 Å². The topological polar surface area (TPSA) is 128 Å². The van der Waals surface area contributed by atoms with E-state index in [0.717, 1.165) is 11.3 Å². The molecule has 0 radical (unpaired) electrons. The number of fused-ring (bicyclic) bond motifs is 1.